The predicted molar refractivity (Wildman–Crippen MR) is 130 cm³/mol. The van der Waals surface area contributed by atoms with Gasteiger partial charge < -0.3 is 9.47 Å². The number of carbonyl (C=O) groups is 1. The molecule has 3 rings (SSSR count). The van der Waals surface area contributed by atoms with Gasteiger partial charge in [0.15, 0.2) is 11.5 Å². The molecule has 3 nitrogen and oxygen atoms in total. The van der Waals surface area contributed by atoms with Crippen LogP contribution >= 0.6 is 0 Å². The monoisotopic (exact) mass is 430 g/mol. The summed E-state index contributed by atoms with van der Waals surface area (Å²) < 4.78 is 12.2. The number of carbonyl (C=O) groups excluding carboxylic acids is 1. The standard InChI is InChI=1S/C29H34O3/c1-2-3-4-11-16-27(30)19-17-24-18-20-28(31-22-25-12-7-5-8-13-25)29(21-24)32-23-26-14-9-6-10-15-26/h5-10,12-15,18,20-21H,2-4,11,16-17,19,22-23H2,1H3. The Balaban J connectivity index is 1.62. The maximum atomic E-state index is 12.2. The molecule has 0 spiro atoms. The van der Waals surface area contributed by atoms with Crippen molar-refractivity contribution in [2.24, 2.45) is 0 Å². The van der Waals surface area contributed by atoms with Gasteiger partial charge in [-0.2, -0.15) is 0 Å². The molecule has 3 aromatic rings. The fourth-order valence-corrected chi connectivity index (χ4v) is 3.57. The van der Waals surface area contributed by atoms with Gasteiger partial charge in [-0.3, -0.25) is 4.79 Å². The van der Waals surface area contributed by atoms with Gasteiger partial charge in [0, 0.05) is 12.8 Å². The summed E-state index contributed by atoms with van der Waals surface area (Å²) >= 11 is 0. The highest BCUT2D eigenvalue weighted by atomic mass is 16.5. The number of Topliss-reactive ketones (excluding diaryl/α,β-unsaturated/α-hetero) is 1. The fourth-order valence-electron chi connectivity index (χ4n) is 3.57. The van der Waals surface area contributed by atoms with E-state index >= 15 is 0 Å². The molecule has 0 heterocycles. The van der Waals surface area contributed by atoms with Gasteiger partial charge in [0.25, 0.3) is 0 Å². The van der Waals surface area contributed by atoms with E-state index in [1.54, 1.807) is 0 Å². The molecule has 32 heavy (non-hydrogen) atoms. The van der Waals surface area contributed by atoms with Crippen molar-refractivity contribution in [3.8, 4) is 11.5 Å². The highest BCUT2D eigenvalue weighted by molar-refractivity contribution is 5.78. The predicted octanol–water partition coefficient (Wildman–Crippen LogP) is 7.32. The molecule has 0 fully saturated rings. The molecule has 0 radical (unpaired) electrons. The zero-order valence-electron chi connectivity index (χ0n) is 19.1. The Morgan fingerprint density at radius 3 is 1.91 bits per heavy atom. The number of rotatable bonds is 14. The van der Waals surface area contributed by atoms with E-state index in [4.69, 9.17) is 9.47 Å². The van der Waals surface area contributed by atoms with Crippen LogP contribution in [0, 0.1) is 0 Å². The Kier molecular flexibility index (Phi) is 9.85. The van der Waals surface area contributed by atoms with Crippen molar-refractivity contribution in [2.45, 2.75) is 65.1 Å². The van der Waals surface area contributed by atoms with Gasteiger partial charge in [-0.25, -0.2) is 0 Å². The minimum absolute atomic E-state index is 0.345. The summed E-state index contributed by atoms with van der Waals surface area (Å²) in [6.07, 6.45) is 6.55. The van der Waals surface area contributed by atoms with Crippen molar-refractivity contribution >= 4 is 5.78 Å². The number of ether oxygens (including phenoxy) is 2. The molecule has 0 atom stereocenters. The normalized spacial score (nSPS) is 10.7. The lowest BCUT2D eigenvalue weighted by Gasteiger charge is -2.15. The van der Waals surface area contributed by atoms with Crippen LogP contribution in [0.3, 0.4) is 0 Å². The van der Waals surface area contributed by atoms with Crippen molar-refractivity contribution in [1.29, 1.82) is 0 Å². The zero-order chi connectivity index (χ0) is 22.4. The van der Waals surface area contributed by atoms with E-state index in [-0.39, 0.29) is 0 Å². The minimum atomic E-state index is 0.345. The van der Waals surface area contributed by atoms with Gasteiger partial charge in [0.1, 0.15) is 19.0 Å². The van der Waals surface area contributed by atoms with Crippen LogP contribution in [0.2, 0.25) is 0 Å². The van der Waals surface area contributed by atoms with Crippen LogP contribution in [0.15, 0.2) is 78.9 Å². The van der Waals surface area contributed by atoms with Crippen LogP contribution in [0.25, 0.3) is 0 Å². The average Bonchev–Trinajstić information content (AvgIpc) is 2.84. The third-order valence-electron chi connectivity index (χ3n) is 5.48. The smallest absolute Gasteiger partial charge is 0.161 e. The summed E-state index contributed by atoms with van der Waals surface area (Å²) in [6, 6.07) is 26.2. The first-order valence-corrected chi connectivity index (χ1v) is 11.7. The van der Waals surface area contributed by atoms with E-state index in [1.165, 1.54) is 12.8 Å². The number of hydrogen-bond donors (Lipinski definition) is 0. The van der Waals surface area contributed by atoms with Gasteiger partial charge in [-0.15, -0.1) is 0 Å². The fraction of sp³-hybridized carbons (Fsp3) is 0.345. The Labute approximate surface area is 192 Å². The largest absolute Gasteiger partial charge is 0.485 e. The molecule has 3 aromatic carbocycles. The van der Waals surface area contributed by atoms with E-state index in [0.29, 0.717) is 31.8 Å². The van der Waals surface area contributed by atoms with Gasteiger partial charge in [0.2, 0.25) is 0 Å². The highest BCUT2D eigenvalue weighted by Gasteiger charge is 2.10. The van der Waals surface area contributed by atoms with Gasteiger partial charge >= 0.3 is 0 Å². The third kappa shape index (κ3) is 8.22. The summed E-state index contributed by atoms with van der Waals surface area (Å²) in [5.74, 6) is 1.79. The molecule has 0 aliphatic rings. The lowest BCUT2D eigenvalue weighted by atomic mass is 10.0. The first-order chi connectivity index (χ1) is 15.7. The Hall–Kier alpha value is -3.07. The molecule has 0 aliphatic heterocycles. The summed E-state index contributed by atoms with van der Waals surface area (Å²) in [4.78, 5) is 12.2. The van der Waals surface area contributed by atoms with Crippen molar-refractivity contribution < 1.29 is 14.3 Å². The maximum absolute atomic E-state index is 12.2. The average molecular weight is 431 g/mol. The highest BCUT2D eigenvalue weighted by Crippen LogP contribution is 2.30. The van der Waals surface area contributed by atoms with E-state index < -0.39 is 0 Å². The zero-order valence-corrected chi connectivity index (χ0v) is 19.1. The second-order valence-electron chi connectivity index (χ2n) is 8.18. The van der Waals surface area contributed by atoms with Crippen LogP contribution < -0.4 is 9.47 Å². The van der Waals surface area contributed by atoms with Crippen LogP contribution in [0.5, 0.6) is 11.5 Å². The molecule has 0 bridgehead atoms. The molecule has 0 amide bonds. The molecular formula is C29H34O3. The van der Waals surface area contributed by atoms with Gasteiger partial charge in [-0.05, 0) is 41.7 Å². The molecule has 0 aliphatic carbocycles. The minimum Gasteiger partial charge on any atom is -0.485 e. The van der Waals surface area contributed by atoms with Crippen molar-refractivity contribution in [1.82, 2.24) is 0 Å². The lowest BCUT2D eigenvalue weighted by molar-refractivity contribution is -0.119. The second-order valence-corrected chi connectivity index (χ2v) is 8.18. The number of hydrogen-bond acceptors (Lipinski definition) is 3. The van der Waals surface area contributed by atoms with Crippen LogP contribution in [0.1, 0.15) is 62.1 Å². The van der Waals surface area contributed by atoms with Crippen molar-refractivity contribution in [2.75, 3.05) is 0 Å². The van der Waals surface area contributed by atoms with E-state index in [0.717, 1.165) is 47.5 Å². The van der Waals surface area contributed by atoms with E-state index in [2.05, 4.69) is 6.92 Å². The Morgan fingerprint density at radius 1 is 0.656 bits per heavy atom. The van der Waals surface area contributed by atoms with Crippen molar-refractivity contribution in [3.05, 3.63) is 95.6 Å². The quantitative estimate of drug-likeness (QED) is 0.251. The van der Waals surface area contributed by atoms with Crippen LogP contribution in [-0.2, 0) is 24.4 Å². The lowest BCUT2D eigenvalue weighted by Crippen LogP contribution is -2.03. The summed E-state index contributed by atoms with van der Waals surface area (Å²) in [6.45, 7) is 3.15. The van der Waals surface area contributed by atoms with Crippen LogP contribution in [0.4, 0.5) is 0 Å². The first-order valence-electron chi connectivity index (χ1n) is 11.7. The number of benzene rings is 3. The Morgan fingerprint density at radius 2 is 1.28 bits per heavy atom. The molecule has 168 valence electrons. The van der Waals surface area contributed by atoms with Gasteiger partial charge in [0.05, 0.1) is 0 Å². The molecule has 0 unspecified atom stereocenters. The SMILES string of the molecule is CCCCCCC(=O)CCc1ccc(OCc2ccccc2)c(OCc2ccccc2)c1. The Bertz CT molecular complexity index is 935. The van der Waals surface area contributed by atoms with E-state index in [9.17, 15) is 4.79 Å². The molecule has 0 aromatic heterocycles. The number of ketones is 1. The number of aryl methyl sites for hydroxylation is 1. The summed E-state index contributed by atoms with van der Waals surface area (Å²) in [5.41, 5.74) is 3.32. The first kappa shape index (κ1) is 23.6. The topological polar surface area (TPSA) is 35.5 Å². The molecule has 0 N–H and O–H groups in total. The molecule has 3 heteroatoms. The second kappa shape index (κ2) is 13.4. The third-order valence-corrected chi connectivity index (χ3v) is 5.48. The summed E-state index contributed by atoms with van der Waals surface area (Å²) in [7, 11) is 0. The maximum Gasteiger partial charge on any atom is 0.161 e. The van der Waals surface area contributed by atoms with Gasteiger partial charge in [-0.1, -0.05) is 92.9 Å². The molecule has 0 saturated carbocycles. The van der Waals surface area contributed by atoms with E-state index in [1.807, 2.05) is 78.9 Å². The summed E-state index contributed by atoms with van der Waals surface area (Å²) in [5, 5.41) is 0. The van der Waals surface area contributed by atoms with Crippen molar-refractivity contribution in [3.63, 3.8) is 0 Å². The molecule has 0 saturated heterocycles. The van der Waals surface area contributed by atoms with Crippen LogP contribution in [-0.4, -0.2) is 5.78 Å². The number of unbranched alkanes of at least 4 members (excludes halogenated alkanes) is 3. The molecular weight excluding hydrogens is 396 g/mol.